The van der Waals surface area contributed by atoms with Crippen LogP contribution in [0.3, 0.4) is 0 Å². The van der Waals surface area contributed by atoms with Crippen molar-refractivity contribution in [3.63, 3.8) is 0 Å². The van der Waals surface area contributed by atoms with Crippen LogP contribution in [0.2, 0.25) is 0 Å². The highest BCUT2D eigenvalue weighted by Gasteiger charge is 2.15. The minimum atomic E-state index is -0.766. The molecule has 0 aliphatic carbocycles. The number of hydrogen-bond donors (Lipinski definition) is 1. The molecular weight excluding hydrogens is 364 g/mol. The van der Waals surface area contributed by atoms with Crippen LogP contribution in [0, 0.1) is 24.0 Å². The van der Waals surface area contributed by atoms with E-state index in [1.165, 1.54) is 30.5 Å². The number of aromatic hydroxyl groups is 1. The Morgan fingerprint density at radius 2 is 1.82 bits per heavy atom. The van der Waals surface area contributed by atoms with Crippen molar-refractivity contribution in [2.45, 2.75) is 13.8 Å². The number of rotatable bonds is 5. The Kier molecular flexibility index (Phi) is 5.21. The zero-order chi connectivity index (χ0) is 20.3. The maximum absolute atomic E-state index is 12.1. The summed E-state index contributed by atoms with van der Waals surface area (Å²) in [6, 6.07) is 8.74. The van der Waals surface area contributed by atoms with Gasteiger partial charge in [0.15, 0.2) is 0 Å². The topological polar surface area (TPSA) is 116 Å². The molecule has 2 aromatic carbocycles. The molecule has 0 bridgehead atoms. The van der Waals surface area contributed by atoms with Gasteiger partial charge in [0.25, 0.3) is 5.69 Å². The van der Waals surface area contributed by atoms with Crippen LogP contribution in [0.4, 0.5) is 5.69 Å². The first-order chi connectivity index (χ1) is 13.3. The molecule has 8 heteroatoms. The Balaban J connectivity index is 1.69. The van der Waals surface area contributed by atoms with Gasteiger partial charge in [-0.25, -0.2) is 9.78 Å². The summed E-state index contributed by atoms with van der Waals surface area (Å²) >= 11 is 0. The van der Waals surface area contributed by atoms with E-state index < -0.39 is 10.9 Å². The Hall–Kier alpha value is -3.94. The van der Waals surface area contributed by atoms with Gasteiger partial charge in [-0.1, -0.05) is 0 Å². The maximum atomic E-state index is 12.1. The van der Waals surface area contributed by atoms with Crippen LogP contribution in [-0.2, 0) is 0 Å². The monoisotopic (exact) mass is 380 g/mol. The zero-order valence-corrected chi connectivity index (χ0v) is 15.1. The average Bonchev–Trinajstić information content (AvgIpc) is 3.14. The predicted molar refractivity (Wildman–Crippen MR) is 101 cm³/mol. The van der Waals surface area contributed by atoms with Crippen molar-refractivity contribution in [2.75, 3.05) is 0 Å². The molecule has 0 saturated heterocycles. The van der Waals surface area contributed by atoms with E-state index in [2.05, 4.69) is 4.98 Å². The summed E-state index contributed by atoms with van der Waals surface area (Å²) in [5.41, 5.74) is 2.24. The van der Waals surface area contributed by atoms with Crippen molar-refractivity contribution < 1.29 is 24.0 Å². The van der Waals surface area contributed by atoms with Gasteiger partial charge in [0.1, 0.15) is 11.5 Å². The van der Waals surface area contributed by atoms with Gasteiger partial charge in [0, 0.05) is 18.2 Å². The first-order valence-corrected chi connectivity index (χ1v) is 8.24. The van der Waals surface area contributed by atoms with Crippen LogP contribution < -0.4 is 4.74 Å². The number of nitro groups is 1. The second-order valence-corrected chi connectivity index (χ2v) is 6.04. The molecule has 0 aliphatic heterocycles. The summed E-state index contributed by atoms with van der Waals surface area (Å²) in [4.78, 5) is 26.2. The van der Waals surface area contributed by atoms with Gasteiger partial charge < -0.3 is 14.3 Å². The quantitative estimate of drug-likeness (QED) is 0.304. The minimum Gasteiger partial charge on any atom is -0.507 e. The number of phenols is 1. The van der Waals surface area contributed by atoms with E-state index in [-0.39, 0.29) is 28.8 Å². The van der Waals surface area contributed by atoms with Crippen LogP contribution in [0.25, 0.3) is 12.2 Å². The molecule has 1 aromatic heterocycles. The summed E-state index contributed by atoms with van der Waals surface area (Å²) in [5.74, 6) is -0.254. The Morgan fingerprint density at radius 1 is 1.18 bits per heavy atom. The lowest BCUT2D eigenvalue weighted by Gasteiger charge is -2.04. The second kappa shape index (κ2) is 7.75. The standard InChI is InChI=1S/C20H16N2O6/c1-12-9-14(10-13(2)19(12)23)3-8-18-21-11-17(28-18)20(24)27-16-6-4-15(5-7-16)22(25)26/h3-11,23H,1-2H3/b8-3+. The fourth-order valence-electron chi connectivity index (χ4n) is 2.51. The molecule has 28 heavy (non-hydrogen) atoms. The number of nitrogens with zero attached hydrogens (tertiary/aromatic N) is 2. The molecule has 0 saturated carbocycles. The Morgan fingerprint density at radius 3 is 2.43 bits per heavy atom. The number of hydrogen-bond acceptors (Lipinski definition) is 7. The average molecular weight is 380 g/mol. The fourth-order valence-corrected chi connectivity index (χ4v) is 2.51. The summed E-state index contributed by atoms with van der Waals surface area (Å²) < 4.78 is 10.5. The van der Waals surface area contributed by atoms with E-state index >= 15 is 0 Å². The van der Waals surface area contributed by atoms with E-state index in [1.54, 1.807) is 26.0 Å². The number of non-ortho nitro benzene ring substituents is 1. The normalized spacial score (nSPS) is 10.9. The maximum Gasteiger partial charge on any atom is 0.381 e. The number of carbonyl (C=O) groups is 1. The van der Waals surface area contributed by atoms with Crippen LogP contribution in [0.5, 0.6) is 11.5 Å². The highest BCUT2D eigenvalue weighted by Crippen LogP contribution is 2.24. The molecule has 0 fully saturated rings. The van der Waals surface area contributed by atoms with Crippen LogP contribution in [0.1, 0.15) is 33.1 Å². The number of aromatic nitrogens is 1. The van der Waals surface area contributed by atoms with Gasteiger partial charge in [-0.15, -0.1) is 0 Å². The van der Waals surface area contributed by atoms with E-state index in [9.17, 15) is 20.0 Å². The van der Waals surface area contributed by atoms with Gasteiger partial charge in [-0.2, -0.15) is 0 Å². The molecule has 0 amide bonds. The summed E-state index contributed by atoms with van der Waals surface area (Å²) in [7, 11) is 0. The number of benzene rings is 2. The molecule has 0 radical (unpaired) electrons. The lowest BCUT2D eigenvalue weighted by molar-refractivity contribution is -0.384. The first-order valence-electron chi connectivity index (χ1n) is 8.24. The molecule has 0 unspecified atom stereocenters. The lowest BCUT2D eigenvalue weighted by atomic mass is 10.1. The van der Waals surface area contributed by atoms with Crippen LogP contribution in [-0.4, -0.2) is 21.0 Å². The number of ether oxygens (including phenoxy) is 1. The Bertz CT molecular complexity index is 1040. The van der Waals surface area contributed by atoms with Crippen LogP contribution in [0.15, 0.2) is 47.0 Å². The summed E-state index contributed by atoms with van der Waals surface area (Å²) in [6.07, 6.45) is 4.57. The molecule has 0 spiro atoms. The van der Waals surface area contributed by atoms with Gasteiger partial charge in [-0.3, -0.25) is 10.1 Å². The largest absolute Gasteiger partial charge is 0.507 e. The molecule has 0 aliphatic rings. The third kappa shape index (κ3) is 4.24. The number of phenolic OH excluding ortho intramolecular Hbond substituents is 1. The second-order valence-electron chi connectivity index (χ2n) is 6.04. The van der Waals surface area contributed by atoms with Crippen molar-refractivity contribution in [2.24, 2.45) is 0 Å². The van der Waals surface area contributed by atoms with Crippen molar-refractivity contribution in [3.8, 4) is 11.5 Å². The molecule has 1 N–H and O–H groups in total. The van der Waals surface area contributed by atoms with Gasteiger partial charge in [0.2, 0.25) is 11.7 Å². The molecule has 142 valence electrons. The summed E-state index contributed by atoms with van der Waals surface area (Å²) in [6.45, 7) is 3.61. The molecule has 1 heterocycles. The van der Waals surface area contributed by atoms with Crippen molar-refractivity contribution >= 4 is 23.8 Å². The Labute approximate surface area is 159 Å². The molecule has 3 aromatic rings. The third-order valence-electron chi connectivity index (χ3n) is 3.91. The molecule has 0 atom stereocenters. The smallest absolute Gasteiger partial charge is 0.381 e. The number of carbonyl (C=O) groups excluding carboxylic acids is 1. The zero-order valence-electron chi connectivity index (χ0n) is 15.1. The number of aryl methyl sites for hydroxylation is 2. The van der Waals surface area contributed by atoms with Gasteiger partial charge in [0.05, 0.1) is 11.1 Å². The fraction of sp³-hybridized carbons (Fsp3) is 0.100. The van der Waals surface area contributed by atoms with Crippen molar-refractivity contribution in [1.29, 1.82) is 0 Å². The SMILES string of the molecule is Cc1cc(/C=C/c2ncc(C(=O)Oc3ccc([N+](=O)[O-])cc3)o2)cc(C)c1O. The molecule has 3 rings (SSSR count). The predicted octanol–water partition coefficient (Wildman–Crippen LogP) is 4.29. The molecule has 8 nitrogen and oxygen atoms in total. The first kappa shape index (κ1) is 18.8. The van der Waals surface area contributed by atoms with E-state index in [4.69, 9.17) is 9.15 Å². The highest BCUT2D eigenvalue weighted by molar-refractivity contribution is 5.88. The molecular formula is C20H16N2O6. The van der Waals surface area contributed by atoms with Crippen molar-refractivity contribution in [1.82, 2.24) is 4.98 Å². The highest BCUT2D eigenvalue weighted by atomic mass is 16.6. The van der Waals surface area contributed by atoms with E-state index in [0.29, 0.717) is 0 Å². The number of esters is 1. The third-order valence-corrected chi connectivity index (χ3v) is 3.91. The van der Waals surface area contributed by atoms with Crippen molar-refractivity contribution in [3.05, 3.63) is 81.1 Å². The van der Waals surface area contributed by atoms with Gasteiger partial charge >= 0.3 is 5.97 Å². The van der Waals surface area contributed by atoms with E-state index in [1.807, 2.05) is 12.1 Å². The number of oxazole rings is 1. The minimum absolute atomic E-state index is 0.101. The van der Waals surface area contributed by atoms with Gasteiger partial charge in [-0.05, 0) is 60.9 Å². The van der Waals surface area contributed by atoms with E-state index in [0.717, 1.165) is 16.7 Å². The number of nitro benzene ring substituents is 1. The summed E-state index contributed by atoms with van der Waals surface area (Å²) in [5, 5.41) is 20.4. The van der Waals surface area contributed by atoms with Crippen LogP contribution >= 0.6 is 0 Å². The lowest BCUT2D eigenvalue weighted by Crippen LogP contribution is -2.07.